The van der Waals surface area contributed by atoms with Crippen molar-refractivity contribution >= 4 is 25.3 Å². The van der Waals surface area contributed by atoms with E-state index in [0.717, 1.165) is 18.1 Å². The van der Waals surface area contributed by atoms with Crippen LogP contribution in [0.15, 0.2) is 0 Å². The molecule has 0 aromatic heterocycles. The standard InChI is InChI=1S/C6H15NS2/c1-3-6(2,4-8)7-5-9/h7-9H,3-5H2,1-2H3. The second-order valence-electron chi connectivity index (χ2n) is 2.41. The second-order valence-corrected chi connectivity index (χ2v) is 3.04. The highest BCUT2D eigenvalue weighted by Crippen LogP contribution is 2.10. The summed E-state index contributed by atoms with van der Waals surface area (Å²) in [6, 6.07) is 0. The van der Waals surface area contributed by atoms with Gasteiger partial charge in [0.1, 0.15) is 0 Å². The molecule has 1 nitrogen and oxygen atoms in total. The summed E-state index contributed by atoms with van der Waals surface area (Å²) in [5, 5.41) is 3.25. The van der Waals surface area contributed by atoms with Gasteiger partial charge in [0.05, 0.1) is 0 Å². The van der Waals surface area contributed by atoms with Crippen molar-refractivity contribution in [3.63, 3.8) is 0 Å². The lowest BCUT2D eigenvalue weighted by Gasteiger charge is -2.26. The van der Waals surface area contributed by atoms with Gasteiger partial charge in [-0.25, -0.2) is 0 Å². The molecule has 56 valence electrons. The van der Waals surface area contributed by atoms with E-state index in [1.807, 2.05) is 0 Å². The monoisotopic (exact) mass is 165 g/mol. The van der Waals surface area contributed by atoms with Crippen molar-refractivity contribution in [3.05, 3.63) is 0 Å². The van der Waals surface area contributed by atoms with E-state index in [4.69, 9.17) is 0 Å². The van der Waals surface area contributed by atoms with Crippen molar-refractivity contribution < 1.29 is 0 Å². The molecule has 0 saturated carbocycles. The van der Waals surface area contributed by atoms with Crippen LogP contribution in [-0.4, -0.2) is 17.2 Å². The summed E-state index contributed by atoms with van der Waals surface area (Å²) in [6.07, 6.45) is 1.09. The largest absolute Gasteiger partial charge is 0.302 e. The highest BCUT2D eigenvalue weighted by atomic mass is 32.1. The van der Waals surface area contributed by atoms with Gasteiger partial charge in [0.25, 0.3) is 0 Å². The molecule has 0 heterocycles. The number of nitrogens with one attached hydrogen (secondary N) is 1. The van der Waals surface area contributed by atoms with Crippen molar-refractivity contribution in [1.82, 2.24) is 5.32 Å². The maximum absolute atomic E-state index is 4.22. The van der Waals surface area contributed by atoms with Gasteiger partial charge in [-0.15, -0.1) is 0 Å². The van der Waals surface area contributed by atoms with Gasteiger partial charge in [0.15, 0.2) is 0 Å². The summed E-state index contributed by atoms with van der Waals surface area (Å²) in [4.78, 5) is 0. The minimum Gasteiger partial charge on any atom is -0.302 e. The van der Waals surface area contributed by atoms with Crippen molar-refractivity contribution in [2.24, 2.45) is 0 Å². The number of rotatable bonds is 4. The Morgan fingerprint density at radius 2 is 2.00 bits per heavy atom. The molecule has 0 spiro atoms. The van der Waals surface area contributed by atoms with Crippen LogP contribution in [0.4, 0.5) is 0 Å². The van der Waals surface area contributed by atoms with E-state index in [1.54, 1.807) is 0 Å². The van der Waals surface area contributed by atoms with Crippen molar-refractivity contribution in [3.8, 4) is 0 Å². The molecule has 0 aliphatic carbocycles. The summed E-state index contributed by atoms with van der Waals surface area (Å²) in [5.74, 6) is 1.59. The zero-order chi connectivity index (χ0) is 7.33. The SMILES string of the molecule is CCC(C)(CS)NCS. The molecule has 0 rings (SSSR count). The summed E-state index contributed by atoms with van der Waals surface area (Å²) in [7, 11) is 0. The number of hydrogen-bond acceptors (Lipinski definition) is 3. The molecule has 0 saturated heterocycles. The van der Waals surface area contributed by atoms with Gasteiger partial charge < -0.3 is 5.32 Å². The second kappa shape index (κ2) is 4.47. The molecular weight excluding hydrogens is 150 g/mol. The molecule has 9 heavy (non-hydrogen) atoms. The molecule has 0 aromatic carbocycles. The summed E-state index contributed by atoms with van der Waals surface area (Å²) in [5.41, 5.74) is 0.171. The van der Waals surface area contributed by atoms with E-state index in [-0.39, 0.29) is 5.54 Å². The third-order valence-corrected chi connectivity index (χ3v) is 2.49. The Labute approximate surface area is 68.4 Å². The highest BCUT2D eigenvalue weighted by Gasteiger charge is 2.17. The van der Waals surface area contributed by atoms with Gasteiger partial charge in [0.2, 0.25) is 0 Å². The first-order valence-corrected chi connectivity index (χ1v) is 4.42. The molecule has 0 radical (unpaired) electrons. The van der Waals surface area contributed by atoms with Gasteiger partial charge in [0, 0.05) is 17.2 Å². The first kappa shape index (κ1) is 9.66. The zero-order valence-corrected chi connectivity index (χ0v) is 7.80. The number of hydrogen-bond donors (Lipinski definition) is 3. The zero-order valence-electron chi connectivity index (χ0n) is 6.02. The maximum Gasteiger partial charge on any atom is 0.0392 e. The molecule has 1 N–H and O–H groups in total. The van der Waals surface area contributed by atoms with Crippen LogP contribution in [0.25, 0.3) is 0 Å². The summed E-state index contributed by atoms with van der Waals surface area (Å²) < 4.78 is 0. The fourth-order valence-electron chi connectivity index (χ4n) is 0.484. The van der Waals surface area contributed by atoms with E-state index in [2.05, 4.69) is 44.4 Å². The molecule has 0 aliphatic heterocycles. The van der Waals surface area contributed by atoms with Crippen LogP contribution in [0.3, 0.4) is 0 Å². The Morgan fingerprint density at radius 1 is 1.44 bits per heavy atom. The van der Waals surface area contributed by atoms with Crippen LogP contribution in [0.5, 0.6) is 0 Å². The Morgan fingerprint density at radius 3 is 2.11 bits per heavy atom. The summed E-state index contributed by atoms with van der Waals surface area (Å²) >= 11 is 8.30. The van der Waals surface area contributed by atoms with Gasteiger partial charge in [-0.05, 0) is 13.3 Å². The molecule has 1 unspecified atom stereocenters. The van der Waals surface area contributed by atoms with Gasteiger partial charge in [-0.1, -0.05) is 6.92 Å². The highest BCUT2D eigenvalue weighted by molar-refractivity contribution is 7.80. The molecular formula is C6H15NS2. The lowest BCUT2D eigenvalue weighted by Crippen LogP contribution is -2.42. The molecule has 0 amide bonds. The first-order chi connectivity index (χ1) is 4.18. The Hall–Kier alpha value is 0.660. The predicted molar refractivity (Wildman–Crippen MR) is 49.5 cm³/mol. The minimum atomic E-state index is 0.171. The molecule has 0 bridgehead atoms. The van der Waals surface area contributed by atoms with Crippen molar-refractivity contribution in [2.75, 3.05) is 11.6 Å². The van der Waals surface area contributed by atoms with Gasteiger partial charge >= 0.3 is 0 Å². The van der Waals surface area contributed by atoms with Crippen LogP contribution in [-0.2, 0) is 0 Å². The van der Waals surface area contributed by atoms with Crippen LogP contribution in [0, 0.1) is 0 Å². The normalized spacial score (nSPS) is 17.3. The van der Waals surface area contributed by atoms with Gasteiger partial charge in [-0.3, -0.25) is 0 Å². The third-order valence-electron chi connectivity index (χ3n) is 1.64. The van der Waals surface area contributed by atoms with E-state index in [9.17, 15) is 0 Å². The van der Waals surface area contributed by atoms with Crippen LogP contribution >= 0.6 is 25.3 Å². The average molecular weight is 165 g/mol. The molecule has 0 aliphatic rings. The topological polar surface area (TPSA) is 12.0 Å². The third kappa shape index (κ3) is 3.38. The van der Waals surface area contributed by atoms with Gasteiger partial charge in [-0.2, -0.15) is 25.3 Å². The van der Waals surface area contributed by atoms with E-state index >= 15 is 0 Å². The molecule has 3 heteroatoms. The van der Waals surface area contributed by atoms with Crippen LogP contribution < -0.4 is 5.32 Å². The maximum atomic E-state index is 4.22. The van der Waals surface area contributed by atoms with E-state index < -0.39 is 0 Å². The number of thiol groups is 2. The fraction of sp³-hybridized carbons (Fsp3) is 1.00. The lowest BCUT2D eigenvalue weighted by atomic mass is 10.0. The summed E-state index contributed by atoms with van der Waals surface area (Å²) in [6.45, 7) is 4.29. The quantitative estimate of drug-likeness (QED) is 0.424. The molecule has 0 aromatic rings. The van der Waals surface area contributed by atoms with Crippen molar-refractivity contribution in [2.45, 2.75) is 25.8 Å². The lowest BCUT2D eigenvalue weighted by molar-refractivity contribution is 0.414. The first-order valence-electron chi connectivity index (χ1n) is 3.15. The van der Waals surface area contributed by atoms with Crippen LogP contribution in [0.1, 0.15) is 20.3 Å². The van der Waals surface area contributed by atoms with Crippen LogP contribution in [0.2, 0.25) is 0 Å². The smallest absolute Gasteiger partial charge is 0.0392 e. The average Bonchev–Trinajstić information content (AvgIpc) is 1.89. The fourth-order valence-corrected chi connectivity index (χ4v) is 1.20. The molecule has 0 fully saturated rings. The Kier molecular flexibility index (Phi) is 4.80. The molecule has 1 atom stereocenters. The Bertz CT molecular complexity index is 71.5. The van der Waals surface area contributed by atoms with E-state index in [0.29, 0.717) is 0 Å². The van der Waals surface area contributed by atoms with Crippen molar-refractivity contribution in [1.29, 1.82) is 0 Å². The van der Waals surface area contributed by atoms with E-state index in [1.165, 1.54) is 0 Å². The minimum absolute atomic E-state index is 0.171. The predicted octanol–water partition coefficient (Wildman–Crippen LogP) is 1.56. The Balaban J connectivity index is 3.62.